The van der Waals surface area contributed by atoms with Crippen LogP contribution >= 0.6 is 0 Å². The van der Waals surface area contributed by atoms with Gasteiger partial charge in [0.25, 0.3) is 0 Å². The van der Waals surface area contributed by atoms with E-state index in [0.29, 0.717) is 11.1 Å². The molecular weight excluding hydrogens is 604 g/mol. The molecule has 0 amide bonds. The Morgan fingerprint density at radius 1 is 0.756 bits per heavy atom. The molecule has 4 rings (SSSR count). The smallest absolute Gasteiger partial charge is 0.330 e. The molecule has 16 heteroatoms. The summed E-state index contributed by atoms with van der Waals surface area (Å²) >= 11 is 0. The Kier molecular flexibility index (Phi) is 11.6. The van der Waals surface area contributed by atoms with E-state index in [-0.39, 0.29) is 30.3 Å². The second-order valence-corrected chi connectivity index (χ2v) is 10.5. The van der Waals surface area contributed by atoms with Crippen LogP contribution in [0.2, 0.25) is 0 Å². The number of carbonyl (C=O) groups is 1. The summed E-state index contributed by atoms with van der Waals surface area (Å²) < 4.78 is 27.5. The molecule has 0 saturated carbocycles. The summed E-state index contributed by atoms with van der Waals surface area (Å²) in [5.41, 5.74) is 0.923. The molecule has 16 nitrogen and oxygen atoms in total. The zero-order chi connectivity index (χ0) is 32.8. The van der Waals surface area contributed by atoms with Gasteiger partial charge in [-0.2, -0.15) is 0 Å². The molecule has 0 aliphatic carbocycles. The minimum Gasteiger partial charge on any atom is -0.504 e. The summed E-state index contributed by atoms with van der Waals surface area (Å²) in [5.74, 6) is -2.31. The number of aromatic hydroxyl groups is 4. The molecule has 45 heavy (non-hydrogen) atoms. The maximum Gasteiger partial charge on any atom is 0.330 e. The van der Waals surface area contributed by atoms with Crippen LogP contribution in [0.15, 0.2) is 42.5 Å². The van der Waals surface area contributed by atoms with Crippen LogP contribution in [-0.2, 0) is 34.9 Å². The van der Waals surface area contributed by atoms with Crippen LogP contribution in [0.5, 0.6) is 23.0 Å². The highest BCUT2D eigenvalue weighted by Crippen LogP contribution is 2.31. The number of rotatable bonds is 11. The fourth-order valence-electron chi connectivity index (χ4n) is 4.71. The summed E-state index contributed by atoms with van der Waals surface area (Å²) in [7, 11) is 0. The Morgan fingerprint density at radius 3 is 2.09 bits per heavy atom. The van der Waals surface area contributed by atoms with Crippen molar-refractivity contribution in [3.8, 4) is 23.0 Å². The van der Waals surface area contributed by atoms with Crippen LogP contribution in [0.3, 0.4) is 0 Å². The normalized spacial score (nSPS) is 32.0. The maximum absolute atomic E-state index is 12.4. The van der Waals surface area contributed by atoms with Crippen molar-refractivity contribution >= 4 is 12.0 Å². The second-order valence-electron chi connectivity index (χ2n) is 10.5. The Bertz CT molecular complexity index is 1320. The zero-order valence-corrected chi connectivity index (χ0v) is 23.6. The van der Waals surface area contributed by atoms with Gasteiger partial charge in [0.1, 0.15) is 55.4 Å². The zero-order valence-electron chi connectivity index (χ0n) is 23.6. The van der Waals surface area contributed by atoms with E-state index >= 15 is 0 Å². The predicted molar refractivity (Wildman–Crippen MR) is 149 cm³/mol. The molecule has 0 aromatic heterocycles. The third-order valence-electron chi connectivity index (χ3n) is 7.30. The lowest BCUT2D eigenvalue weighted by molar-refractivity contribution is -0.360. The van der Waals surface area contributed by atoms with Crippen molar-refractivity contribution in [3.63, 3.8) is 0 Å². The number of hydrogen-bond donors (Lipinski definition) is 10. The van der Waals surface area contributed by atoms with Gasteiger partial charge in [0, 0.05) is 6.08 Å². The number of phenols is 4. The van der Waals surface area contributed by atoms with E-state index in [0.717, 1.165) is 6.08 Å². The van der Waals surface area contributed by atoms with E-state index in [4.69, 9.17) is 23.7 Å². The average Bonchev–Trinajstić information content (AvgIpc) is 3.01. The summed E-state index contributed by atoms with van der Waals surface area (Å²) in [6.07, 6.45) is -13.9. The number of benzene rings is 2. The molecule has 0 radical (unpaired) electrons. The van der Waals surface area contributed by atoms with Crippen molar-refractivity contribution in [2.75, 3.05) is 19.8 Å². The van der Waals surface area contributed by atoms with Gasteiger partial charge in [-0.05, 0) is 47.9 Å². The first-order chi connectivity index (χ1) is 21.4. The number of phenolic OH excluding ortho intramolecular Hbond substituents is 4. The van der Waals surface area contributed by atoms with Crippen molar-refractivity contribution in [2.45, 2.75) is 67.8 Å². The van der Waals surface area contributed by atoms with E-state index in [1.165, 1.54) is 42.5 Å². The minimum atomic E-state index is -1.85. The number of carbonyl (C=O) groups excluding carboxylic acids is 1. The lowest BCUT2D eigenvalue weighted by Crippen LogP contribution is -2.65. The van der Waals surface area contributed by atoms with E-state index in [1.807, 2.05) is 0 Å². The monoisotopic (exact) mass is 640 g/mol. The molecule has 10 atom stereocenters. The minimum absolute atomic E-state index is 0.108. The van der Waals surface area contributed by atoms with Crippen molar-refractivity contribution in [1.29, 1.82) is 0 Å². The van der Waals surface area contributed by atoms with Gasteiger partial charge < -0.3 is 74.7 Å². The van der Waals surface area contributed by atoms with Gasteiger partial charge in [-0.3, -0.25) is 0 Å². The van der Waals surface area contributed by atoms with Crippen LogP contribution < -0.4 is 0 Å². The highest BCUT2D eigenvalue weighted by molar-refractivity contribution is 5.87. The Labute approximate surface area is 256 Å². The molecule has 0 spiro atoms. The molecule has 0 bridgehead atoms. The van der Waals surface area contributed by atoms with Crippen molar-refractivity contribution in [2.24, 2.45) is 0 Å². The van der Waals surface area contributed by atoms with E-state index in [1.54, 1.807) is 0 Å². The molecule has 0 unspecified atom stereocenters. The molecule has 2 aromatic rings. The average molecular weight is 641 g/mol. The Balaban J connectivity index is 1.45. The van der Waals surface area contributed by atoms with Gasteiger partial charge >= 0.3 is 5.97 Å². The van der Waals surface area contributed by atoms with Crippen molar-refractivity contribution in [3.05, 3.63) is 53.6 Å². The molecule has 10 N–H and O–H groups in total. The van der Waals surface area contributed by atoms with Gasteiger partial charge in [0.15, 0.2) is 35.6 Å². The van der Waals surface area contributed by atoms with Gasteiger partial charge in [-0.1, -0.05) is 12.1 Å². The lowest BCUT2D eigenvalue weighted by Gasteiger charge is -2.46. The lowest BCUT2D eigenvalue weighted by atomic mass is 9.97. The number of esters is 1. The maximum atomic E-state index is 12.4. The first-order valence-electron chi connectivity index (χ1n) is 13.9. The molecule has 2 aliphatic heterocycles. The summed E-state index contributed by atoms with van der Waals surface area (Å²) in [5, 5.41) is 100. The summed E-state index contributed by atoms with van der Waals surface area (Å²) in [6, 6.07) is 7.97. The Morgan fingerprint density at radius 2 is 1.42 bits per heavy atom. The molecule has 2 aromatic carbocycles. The van der Waals surface area contributed by atoms with Crippen molar-refractivity contribution < 1.29 is 79.5 Å². The van der Waals surface area contributed by atoms with Gasteiger partial charge in [-0.25, -0.2) is 4.79 Å². The topological polar surface area (TPSA) is 266 Å². The number of aliphatic hydroxyl groups is 6. The SMILES string of the molecule is O=C(/C=C/c1ccc(O)c(O)c1)OC[C@@H]1O[C@H](OCCc2ccc(O)c(O)c2)[C@@H](O)[C@@H](O[C@H]2O[C@@H](CO)[C@@H](O)[C@@H](O)[C@@H]2O)[C@H]1O. The molecule has 2 saturated heterocycles. The van der Waals surface area contributed by atoms with Gasteiger partial charge in [0.05, 0.1) is 13.2 Å². The number of ether oxygens (including phenoxy) is 5. The fraction of sp³-hybridized carbons (Fsp3) is 0.483. The molecule has 248 valence electrons. The second kappa shape index (κ2) is 15.2. The van der Waals surface area contributed by atoms with E-state index < -0.39 is 86.3 Å². The molecular formula is C29H36O16. The highest BCUT2D eigenvalue weighted by atomic mass is 16.7. The van der Waals surface area contributed by atoms with Crippen LogP contribution in [0.1, 0.15) is 11.1 Å². The summed E-state index contributed by atoms with van der Waals surface area (Å²) in [4.78, 5) is 12.4. The first kappa shape index (κ1) is 34.3. The fourth-order valence-corrected chi connectivity index (χ4v) is 4.71. The number of aliphatic hydroxyl groups excluding tert-OH is 6. The van der Waals surface area contributed by atoms with Crippen LogP contribution in [0.4, 0.5) is 0 Å². The van der Waals surface area contributed by atoms with E-state index in [2.05, 4.69) is 0 Å². The Hall–Kier alpha value is -3.55. The largest absolute Gasteiger partial charge is 0.504 e. The molecule has 2 fully saturated rings. The van der Waals surface area contributed by atoms with Crippen LogP contribution in [-0.4, -0.2) is 138 Å². The first-order valence-corrected chi connectivity index (χ1v) is 13.9. The molecule has 2 heterocycles. The quantitative estimate of drug-likeness (QED) is 0.0720. The van der Waals surface area contributed by atoms with Gasteiger partial charge in [0.2, 0.25) is 0 Å². The van der Waals surface area contributed by atoms with Crippen LogP contribution in [0.25, 0.3) is 6.08 Å². The third kappa shape index (κ3) is 8.39. The molecule has 2 aliphatic rings. The summed E-state index contributed by atoms with van der Waals surface area (Å²) in [6.45, 7) is -1.44. The predicted octanol–water partition coefficient (Wildman–Crippen LogP) is -2.04. The van der Waals surface area contributed by atoms with E-state index in [9.17, 15) is 55.9 Å². The highest BCUT2D eigenvalue weighted by Gasteiger charge is 2.51. The van der Waals surface area contributed by atoms with Crippen LogP contribution in [0, 0.1) is 0 Å². The van der Waals surface area contributed by atoms with Gasteiger partial charge in [-0.15, -0.1) is 0 Å². The van der Waals surface area contributed by atoms with Crippen molar-refractivity contribution in [1.82, 2.24) is 0 Å². The number of hydrogen-bond acceptors (Lipinski definition) is 16. The standard InChI is InChI=1S/C29H36O16/c30-11-19-22(36)24(38)25(39)29(43-19)45-27-23(37)20(12-42-21(35)6-3-13-1-4-15(31)17(33)9-13)44-28(26(27)40)41-8-7-14-2-5-16(32)18(34)10-14/h1-6,9-10,19-20,22-34,36-40H,7-8,11-12H2/b6-3+/t19-,20-,22+,23-,24+,25-,26-,27-,28-,29+/m0/s1. The third-order valence-corrected chi connectivity index (χ3v) is 7.30.